The Kier molecular flexibility index (Phi) is 3.21. The first-order chi connectivity index (χ1) is 6.45. The van der Waals surface area contributed by atoms with Gasteiger partial charge in [0.05, 0.1) is 5.02 Å². The van der Waals surface area contributed by atoms with Crippen LogP contribution in [0.1, 0.15) is 11.6 Å². The van der Waals surface area contributed by atoms with Gasteiger partial charge >= 0.3 is 5.97 Å². The minimum Gasteiger partial charge on any atom is -0.506 e. The van der Waals surface area contributed by atoms with Gasteiger partial charge in [0, 0.05) is 10.6 Å². The maximum absolute atomic E-state index is 10.6. The van der Waals surface area contributed by atoms with E-state index in [1.54, 1.807) is 0 Å². The zero-order chi connectivity index (χ0) is 10.9. The topological polar surface area (TPSA) is 83.6 Å². The molecule has 0 aliphatic heterocycles. The van der Waals surface area contributed by atoms with Gasteiger partial charge in [-0.25, -0.2) is 0 Å². The molecule has 1 aromatic rings. The van der Waals surface area contributed by atoms with E-state index in [0.29, 0.717) is 0 Å². The monoisotopic (exact) mass is 235 g/mol. The smallest absolute Gasteiger partial charge is 0.325 e. The summed E-state index contributed by atoms with van der Waals surface area (Å²) in [6.45, 7) is 0. The van der Waals surface area contributed by atoms with Crippen LogP contribution in [-0.2, 0) is 4.79 Å². The number of benzene rings is 1. The third-order valence-electron chi connectivity index (χ3n) is 1.68. The molecular weight excluding hydrogens is 229 g/mol. The minimum absolute atomic E-state index is 0.0147. The van der Waals surface area contributed by atoms with Crippen molar-refractivity contribution < 1.29 is 15.0 Å². The van der Waals surface area contributed by atoms with Crippen LogP contribution in [0, 0.1) is 0 Å². The first kappa shape index (κ1) is 11.1. The minimum atomic E-state index is -1.35. The van der Waals surface area contributed by atoms with Crippen LogP contribution in [0.15, 0.2) is 12.1 Å². The molecule has 0 bridgehead atoms. The predicted molar refractivity (Wildman–Crippen MR) is 52.7 cm³/mol. The fourth-order valence-corrected chi connectivity index (χ4v) is 1.57. The van der Waals surface area contributed by atoms with Crippen molar-refractivity contribution in [2.45, 2.75) is 6.04 Å². The number of aliphatic carboxylic acids is 1. The van der Waals surface area contributed by atoms with Crippen LogP contribution in [0.4, 0.5) is 0 Å². The molecule has 0 heterocycles. The number of hydrogen-bond donors (Lipinski definition) is 3. The van der Waals surface area contributed by atoms with Crippen molar-refractivity contribution in [3.05, 3.63) is 27.7 Å². The van der Waals surface area contributed by atoms with Gasteiger partial charge in [0.2, 0.25) is 0 Å². The van der Waals surface area contributed by atoms with Crippen LogP contribution in [-0.4, -0.2) is 16.2 Å². The van der Waals surface area contributed by atoms with Crippen molar-refractivity contribution in [2.75, 3.05) is 0 Å². The quantitative estimate of drug-likeness (QED) is 0.730. The lowest BCUT2D eigenvalue weighted by Gasteiger charge is -2.11. The number of rotatable bonds is 2. The van der Waals surface area contributed by atoms with Gasteiger partial charge in [-0.15, -0.1) is 0 Å². The van der Waals surface area contributed by atoms with E-state index >= 15 is 0 Å². The summed E-state index contributed by atoms with van der Waals surface area (Å²) in [7, 11) is 0. The Bertz CT molecular complexity index is 381. The lowest BCUT2D eigenvalue weighted by Crippen LogP contribution is -2.21. The summed E-state index contributed by atoms with van der Waals surface area (Å²) in [6, 6.07) is 1.26. The van der Waals surface area contributed by atoms with E-state index in [9.17, 15) is 9.90 Å². The molecule has 14 heavy (non-hydrogen) atoms. The predicted octanol–water partition coefficient (Wildman–Crippen LogP) is 1.78. The Morgan fingerprint density at radius 1 is 1.43 bits per heavy atom. The van der Waals surface area contributed by atoms with Crippen LogP contribution < -0.4 is 5.73 Å². The van der Waals surface area contributed by atoms with Gasteiger partial charge in [0.15, 0.2) is 0 Å². The van der Waals surface area contributed by atoms with Crippen molar-refractivity contribution in [2.24, 2.45) is 5.73 Å². The molecule has 0 spiro atoms. The van der Waals surface area contributed by atoms with E-state index in [2.05, 4.69) is 0 Å². The van der Waals surface area contributed by atoms with E-state index in [1.165, 1.54) is 12.1 Å². The van der Waals surface area contributed by atoms with Gasteiger partial charge in [0.25, 0.3) is 0 Å². The molecule has 0 fully saturated rings. The van der Waals surface area contributed by atoms with E-state index in [-0.39, 0.29) is 21.4 Å². The normalized spacial score (nSPS) is 12.5. The van der Waals surface area contributed by atoms with Crippen molar-refractivity contribution >= 4 is 29.2 Å². The number of phenols is 1. The van der Waals surface area contributed by atoms with Crippen molar-refractivity contribution in [1.29, 1.82) is 0 Å². The fraction of sp³-hybridized carbons (Fsp3) is 0.125. The molecule has 1 rings (SSSR count). The molecule has 0 aliphatic rings. The molecule has 0 aromatic heterocycles. The second-order valence-corrected chi connectivity index (χ2v) is 3.40. The maximum atomic E-state index is 10.6. The van der Waals surface area contributed by atoms with Crippen LogP contribution in [0.3, 0.4) is 0 Å². The molecular formula is C8H7Cl2NO3. The highest BCUT2D eigenvalue weighted by atomic mass is 35.5. The first-order valence-electron chi connectivity index (χ1n) is 3.60. The van der Waals surface area contributed by atoms with E-state index in [1.807, 2.05) is 0 Å². The number of hydrogen-bond acceptors (Lipinski definition) is 3. The third-order valence-corrected chi connectivity index (χ3v) is 2.41. The number of carboxylic acids is 1. The summed E-state index contributed by atoms with van der Waals surface area (Å²) < 4.78 is 0. The molecule has 0 radical (unpaired) electrons. The summed E-state index contributed by atoms with van der Waals surface area (Å²) in [6.07, 6.45) is 0. The fourth-order valence-electron chi connectivity index (χ4n) is 0.966. The third kappa shape index (κ3) is 1.92. The zero-order valence-electron chi connectivity index (χ0n) is 6.87. The van der Waals surface area contributed by atoms with E-state index < -0.39 is 12.0 Å². The van der Waals surface area contributed by atoms with Crippen molar-refractivity contribution in [3.8, 4) is 5.75 Å². The van der Waals surface area contributed by atoms with E-state index in [0.717, 1.165) is 0 Å². The Morgan fingerprint density at radius 2 is 2.00 bits per heavy atom. The number of halogens is 2. The summed E-state index contributed by atoms with van der Waals surface area (Å²) in [5, 5.41) is 17.8. The summed E-state index contributed by atoms with van der Waals surface area (Å²) >= 11 is 11.4. The number of carbonyl (C=O) groups is 1. The van der Waals surface area contributed by atoms with Crippen LogP contribution in [0.5, 0.6) is 5.75 Å². The summed E-state index contributed by atoms with van der Waals surface area (Å²) in [5.74, 6) is -1.51. The molecule has 0 saturated heterocycles. The largest absolute Gasteiger partial charge is 0.506 e. The lowest BCUT2D eigenvalue weighted by molar-refractivity contribution is -0.138. The highest BCUT2D eigenvalue weighted by molar-refractivity contribution is 6.37. The highest BCUT2D eigenvalue weighted by Gasteiger charge is 2.22. The molecule has 0 aliphatic carbocycles. The number of carboxylic acid groups (broad SMARTS) is 1. The van der Waals surface area contributed by atoms with E-state index in [4.69, 9.17) is 34.0 Å². The average molecular weight is 236 g/mol. The van der Waals surface area contributed by atoms with Gasteiger partial charge in [-0.05, 0) is 12.1 Å². The molecule has 4 nitrogen and oxygen atoms in total. The van der Waals surface area contributed by atoms with Crippen LogP contribution >= 0.6 is 23.2 Å². The molecule has 76 valence electrons. The maximum Gasteiger partial charge on any atom is 0.325 e. The van der Waals surface area contributed by atoms with Crippen LogP contribution in [0.2, 0.25) is 10.0 Å². The zero-order valence-corrected chi connectivity index (χ0v) is 8.38. The number of nitrogens with two attached hydrogens (primary N) is 1. The Balaban J connectivity index is 3.32. The van der Waals surface area contributed by atoms with Gasteiger partial charge in [-0.3, -0.25) is 4.79 Å². The average Bonchev–Trinajstić information content (AvgIpc) is 2.12. The van der Waals surface area contributed by atoms with Gasteiger partial charge in [0.1, 0.15) is 11.8 Å². The molecule has 4 N–H and O–H groups in total. The lowest BCUT2D eigenvalue weighted by atomic mass is 10.1. The highest BCUT2D eigenvalue weighted by Crippen LogP contribution is 2.35. The molecule has 0 saturated carbocycles. The van der Waals surface area contributed by atoms with Gasteiger partial charge in [-0.1, -0.05) is 23.2 Å². The van der Waals surface area contributed by atoms with Gasteiger partial charge in [-0.2, -0.15) is 0 Å². The van der Waals surface area contributed by atoms with Gasteiger partial charge < -0.3 is 15.9 Å². The molecule has 1 aromatic carbocycles. The summed E-state index contributed by atoms with van der Waals surface area (Å²) in [5.41, 5.74) is 5.34. The first-order valence-corrected chi connectivity index (χ1v) is 4.36. The SMILES string of the molecule is N[C@H](C(=O)O)c1c(Cl)ccc(O)c1Cl. The Labute approximate surface area is 89.9 Å². The van der Waals surface area contributed by atoms with Crippen LogP contribution in [0.25, 0.3) is 0 Å². The molecule has 1 atom stereocenters. The molecule has 0 unspecified atom stereocenters. The molecule has 6 heteroatoms. The number of phenolic OH excluding ortho intramolecular Hbond substituents is 1. The number of aromatic hydroxyl groups is 1. The Hall–Kier alpha value is -0.970. The Morgan fingerprint density at radius 3 is 2.50 bits per heavy atom. The molecule has 0 amide bonds. The second kappa shape index (κ2) is 4.04. The van der Waals surface area contributed by atoms with Crippen molar-refractivity contribution in [1.82, 2.24) is 0 Å². The standard InChI is InChI=1S/C8H7Cl2NO3/c9-3-1-2-4(12)6(10)5(3)7(11)8(13)14/h1-2,7,12H,11H2,(H,13,14)/t7-/m0/s1. The summed E-state index contributed by atoms with van der Waals surface area (Å²) in [4.78, 5) is 10.6. The van der Waals surface area contributed by atoms with Crippen molar-refractivity contribution in [3.63, 3.8) is 0 Å². The second-order valence-electron chi connectivity index (χ2n) is 2.61.